The van der Waals surface area contributed by atoms with E-state index in [1.807, 2.05) is 6.92 Å². The molecule has 21 heavy (non-hydrogen) atoms. The normalized spacial score (nSPS) is 11.6. The van der Waals surface area contributed by atoms with Crippen molar-refractivity contribution >= 4 is 21.5 Å². The van der Waals surface area contributed by atoms with Gasteiger partial charge >= 0.3 is 0 Å². The smallest absolute Gasteiger partial charge is 0.263 e. The van der Waals surface area contributed by atoms with Gasteiger partial charge in [0.05, 0.1) is 4.90 Å². The van der Waals surface area contributed by atoms with Gasteiger partial charge in [0.1, 0.15) is 5.82 Å². The van der Waals surface area contributed by atoms with Gasteiger partial charge in [0.2, 0.25) is 0 Å². The summed E-state index contributed by atoms with van der Waals surface area (Å²) in [6.07, 6.45) is 1.68. The average Bonchev–Trinajstić information content (AvgIpc) is 2.82. The van der Waals surface area contributed by atoms with Gasteiger partial charge in [-0.3, -0.25) is 9.82 Å². The van der Waals surface area contributed by atoms with E-state index in [1.54, 1.807) is 6.07 Å². The molecule has 0 amide bonds. The molecule has 1 heterocycles. The second kappa shape index (κ2) is 5.72. The second-order valence-corrected chi connectivity index (χ2v) is 6.44. The summed E-state index contributed by atoms with van der Waals surface area (Å²) >= 11 is 0. The number of nitrogens with zero attached hydrogens (tertiary/aromatic N) is 1. The highest BCUT2D eigenvalue weighted by atomic mass is 32.2. The van der Waals surface area contributed by atoms with Gasteiger partial charge < -0.3 is 5.73 Å². The van der Waals surface area contributed by atoms with E-state index < -0.39 is 15.8 Å². The number of halogens is 1. The first kappa shape index (κ1) is 15.3. The van der Waals surface area contributed by atoms with Crippen LogP contribution in [0.4, 0.5) is 15.9 Å². The molecule has 6 nitrogen and oxygen atoms in total. The zero-order chi connectivity index (χ0) is 15.6. The molecule has 8 heteroatoms. The molecule has 1 aromatic heterocycles. The molecule has 0 fully saturated rings. The molecular formula is C13H17FN4O2S. The van der Waals surface area contributed by atoms with Crippen LogP contribution in [-0.4, -0.2) is 18.6 Å². The third kappa shape index (κ3) is 3.33. The molecular weight excluding hydrogens is 295 g/mol. The first-order valence-electron chi connectivity index (χ1n) is 6.46. The minimum atomic E-state index is -3.93. The molecule has 0 aliphatic carbocycles. The Kier molecular flexibility index (Phi) is 4.17. The predicted molar refractivity (Wildman–Crippen MR) is 78.9 cm³/mol. The van der Waals surface area contributed by atoms with Crippen molar-refractivity contribution in [3.8, 4) is 0 Å². The van der Waals surface area contributed by atoms with Crippen LogP contribution in [-0.2, 0) is 16.4 Å². The van der Waals surface area contributed by atoms with Crippen molar-refractivity contribution in [3.05, 3.63) is 35.3 Å². The third-order valence-corrected chi connectivity index (χ3v) is 4.39. The van der Waals surface area contributed by atoms with Gasteiger partial charge in [0.15, 0.2) is 5.82 Å². The maximum Gasteiger partial charge on any atom is 0.263 e. The number of aromatic nitrogens is 2. The van der Waals surface area contributed by atoms with Crippen LogP contribution >= 0.6 is 0 Å². The number of sulfonamides is 1. The molecule has 0 saturated carbocycles. The Morgan fingerprint density at radius 2 is 2.10 bits per heavy atom. The number of aryl methyl sites for hydroxylation is 1. The standard InChI is InChI=1S/C13H17FN4O2S/c1-3-4-9-5-13(17-16-9)18-21(19,20)10-6-11(14)8(2)12(15)7-10/h5-7H,3-4,15H2,1-2H3,(H2,16,17,18). The van der Waals surface area contributed by atoms with Crippen LogP contribution in [0.1, 0.15) is 24.6 Å². The first-order valence-corrected chi connectivity index (χ1v) is 7.94. The first-order chi connectivity index (χ1) is 9.83. The lowest BCUT2D eigenvalue weighted by molar-refractivity contribution is 0.593. The SMILES string of the molecule is CCCc1cc(NS(=O)(=O)c2cc(N)c(C)c(F)c2)n[nH]1. The Bertz CT molecular complexity index is 732. The van der Waals surface area contributed by atoms with E-state index in [2.05, 4.69) is 14.9 Å². The number of nitrogens with one attached hydrogen (secondary N) is 2. The van der Waals surface area contributed by atoms with Crippen LogP contribution in [0.3, 0.4) is 0 Å². The van der Waals surface area contributed by atoms with Crippen molar-refractivity contribution in [2.24, 2.45) is 0 Å². The molecule has 2 rings (SSSR count). The molecule has 0 unspecified atom stereocenters. The van der Waals surface area contributed by atoms with Crippen LogP contribution in [0.15, 0.2) is 23.1 Å². The van der Waals surface area contributed by atoms with E-state index in [0.717, 1.165) is 24.6 Å². The average molecular weight is 312 g/mol. The Labute approximate surface area is 122 Å². The number of nitrogen functional groups attached to an aromatic ring is 1. The van der Waals surface area contributed by atoms with Gasteiger partial charge in [-0.2, -0.15) is 5.10 Å². The summed E-state index contributed by atoms with van der Waals surface area (Å²) in [7, 11) is -3.93. The highest BCUT2D eigenvalue weighted by molar-refractivity contribution is 7.92. The second-order valence-electron chi connectivity index (χ2n) is 4.75. The molecule has 0 aliphatic rings. The zero-order valence-electron chi connectivity index (χ0n) is 11.8. The van der Waals surface area contributed by atoms with Gasteiger partial charge in [0, 0.05) is 23.0 Å². The number of anilines is 2. The number of aromatic amines is 1. The largest absolute Gasteiger partial charge is 0.398 e. The number of H-pyrrole nitrogens is 1. The highest BCUT2D eigenvalue weighted by Gasteiger charge is 2.18. The number of benzene rings is 1. The van der Waals surface area contributed by atoms with E-state index in [4.69, 9.17) is 5.73 Å². The van der Waals surface area contributed by atoms with Crippen molar-refractivity contribution in [1.29, 1.82) is 0 Å². The van der Waals surface area contributed by atoms with Gasteiger partial charge in [-0.25, -0.2) is 12.8 Å². The number of hydrogen-bond donors (Lipinski definition) is 3. The fourth-order valence-corrected chi connectivity index (χ4v) is 2.88. The van der Waals surface area contributed by atoms with Crippen molar-refractivity contribution in [2.75, 3.05) is 10.5 Å². The van der Waals surface area contributed by atoms with Gasteiger partial charge in [-0.1, -0.05) is 13.3 Å². The summed E-state index contributed by atoms with van der Waals surface area (Å²) in [6, 6.07) is 3.77. The lowest BCUT2D eigenvalue weighted by Gasteiger charge is -2.08. The van der Waals surface area contributed by atoms with Crippen LogP contribution in [0.2, 0.25) is 0 Å². The number of nitrogens with two attached hydrogens (primary N) is 1. The van der Waals surface area contributed by atoms with Crippen LogP contribution in [0.25, 0.3) is 0 Å². The Morgan fingerprint density at radius 3 is 2.71 bits per heavy atom. The molecule has 0 radical (unpaired) electrons. The van der Waals surface area contributed by atoms with E-state index in [0.29, 0.717) is 0 Å². The minimum absolute atomic E-state index is 0.0871. The van der Waals surface area contributed by atoms with Crippen molar-refractivity contribution in [3.63, 3.8) is 0 Å². The van der Waals surface area contributed by atoms with Crippen LogP contribution in [0.5, 0.6) is 0 Å². The summed E-state index contributed by atoms with van der Waals surface area (Å²) in [5.74, 6) is -0.498. The zero-order valence-corrected chi connectivity index (χ0v) is 12.6. The molecule has 114 valence electrons. The summed E-state index contributed by atoms with van der Waals surface area (Å²) in [5, 5.41) is 6.60. The molecule has 0 spiro atoms. The van der Waals surface area contributed by atoms with E-state index >= 15 is 0 Å². The molecule has 2 aromatic rings. The number of rotatable bonds is 5. The van der Waals surface area contributed by atoms with Gasteiger partial charge in [-0.05, 0) is 25.5 Å². The molecule has 4 N–H and O–H groups in total. The van der Waals surface area contributed by atoms with Gasteiger partial charge in [0.25, 0.3) is 10.0 Å². The lowest BCUT2D eigenvalue weighted by atomic mass is 10.2. The molecule has 0 aliphatic heterocycles. The summed E-state index contributed by atoms with van der Waals surface area (Å²) < 4.78 is 40.3. The van der Waals surface area contributed by atoms with Crippen LogP contribution < -0.4 is 10.5 Å². The quantitative estimate of drug-likeness (QED) is 0.737. The lowest BCUT2D eigenvalue weighted by Crippen LogP contribution is -2.14. The Hall–Kier alpha value is -2.09. The summed E-state index contributed by atoms with van der Waals surface area (Å²) in [4.78, 5) is -0.233. The van der Waals surface area contributed by atoms with Crippen molar-refractivity contribution < 1.29 is 12.8 Å². The summed E-state index contributed by atoms with van der Waals surface area (Å²) in [5.41, 5.74) is 6.73. The van der Waals surface area contributed by atoms with E-state index in [-0.39, 0.29) is 22.0 Å². The number of hydrogen-bond acceptors (Lipinski definition) is 4. The minimum Gasteiger partial charge on any atom is -0.398 e. The topological polar surface area (TPSA) is 101 Å². The van der Waals surface area contributed by atoms with Crippen molar-refractivity contribution in [2.45, 2.75) is 31.6 Å². The fraction of sp³-hybridized carbons (Fsp3) is 0.308. The Morgan fingerprint density at radius 1 is 1.38 bits per heavy atom. The molecule has 0 bridgehead atoms. The Balaban J connectivity index is 2.29. The monoisotopic (exact) mass is 312 g/mol. The molecule has 1 aromatic carbocycles. The highest BCUT2D eigenvalue weighted by Crippen LogP contribution is 2.22. The van der Waals surface area contributed by atoms with Gasteiger partial charge in [-0.15, -0.1) is 0 Å². The third-order valence-electron chi connectivity index (χ3n) is 3.06. The van der Waals surface area contributed by atoms with Crippen LogP contribution in [0, 0.1) is 12.7 Å². The maximum atomic E-state index is 13.6. The molecule has 0 saturated heterocycles. The molecule has 0 atom stereocenters. The van der Waals surface area contributed by atoms with E-state index in [1.165, 1.54) is 13.0 Å². The fourth-order valence-electron chi connectivity index (χ4n) is 1.84. The predicted octanol–water partition coefficient (Wildman–Crippen LogP) is 2.19. The van der Waals surface area contributed by atoms with E-state index in [9.17, 15) is 12.8 Å². The summed E-state index contributed by atoms with van der Waals surface area (Å²) in [6.45, 7) is 3.49. The maximum absolute atomic E-state index is 13.6. The van der Waals surface area contributed by atoms with Crippen molar-refractivity contribution in [1.82, 2.24) is 10.2 Å².